The van der Waals surface area contributed by atoms with Crippen LogP contribution in [0.3, 0.4) is 0 Å². The number of thiazole rings is 1. The molecule has 1 fully saturated rings. The number of carbonyl (C=O) groups excluding carboxylic acids is 3. The van der Waals surface area contributed by atoms with Gasteiger partial charge in [-0.2, -0.15) is 0 Å². The minimum atomic E-state index is -1.21. The number of fused-ring (bicyclic) bond motifs is 1. The lowest BCUT2D eigenvalue weighted by Crippen LogP contribution is -2.70. The van der Waals surface area contributed by atoms with Crippen molar-refractivity contribution in [1.29, 1.82) is 0 Å². The maximum absolute atomic E-state index is 12.1. The average Bonchev–Trinajstić information content (AvgIpc) is 2.96. The summed E-state index contributed by atoms with van der Waals surface area (Å²) in [4.78, 5) is 51.8. The number of carbonyl (C=O) groups is 4. The third-order valence-electron chi connectivity index (χ3n) is 3.31. The largest absolute Gasteiger partial charge is 0.477 e. The number of anilines is 1. The maximum Gasteiger partial charge on any atom is 0.352 e. The Bertz CT molecular complexity index is 758. The molecule has 2 amide bonds. The highest BCUT2D eigenvalue weighted by molar-refractivity contribution is 8.00. The highest BCUT2D eigenvalue weighted by Crippen LogP contribution is 2.37. The van der Waals surface area contributed by atoms with Gasteiger partial charge < -0.3 is 16.2 Å². The summed E-state index contributed by atoms with van der Waals surface area (Å²) in [6.45, 7) is 0. The van der Waals surface area contributed by atoms with Gasteiger partial charge in [0.1, 0.15) is 22.8 Å². The lowest BCUT2D eigenvalue weighted by atomic mass is 10.0. The summed E-state index contributed by atoms with van der Waals surface area (Å²) >= 11 is 2.33. The molecule has 120 valence electrons. The van der Waals surface area contributed by atoms with Crippen molar-refractivity contribution in [1.82, 2.24) is 15.2 Å². The normalized spacial score (nSPS) is 22.7. The van der Waals surface area contributed by atoms with Crippen LogP contribution in [0.1, 0.15) is 10.5 Å². The van der Waals surface area contributed by atoms with Crippen LogP contribution < -0.4 is 11.1 Å². The molecule has 1 aromatic rings. The van der Waals surface area contributed by atoms with Crippen LogP contribution in [0.5, 0.6) is 0 Å². The molecule has 0 radical (unpaired) electrons. The number of hydrogen-bond acceptors (Lipinski definition) is 8. The second-order valence-corrected chi connectivity index (χ2v) is 6.72. The summed E-state index contributed by atoms with van der Waals surface area (Å²) in [7, 11) is 0. The molecular weight excluding hydrogens is 344 g/mol. The zero-order valence-corrected chi connectivity index (χ0v) is 13.0. The Morgan fingerprint density at radius 3 is 2.78 bits per heavy atom. The van der Waals surface area contributed by atoms with E-state index in [-0.39, 0.29) is 16.5 Å². The molecule has 0 aromatic carbocycles. The number of thioether (sulfide) groups is 1. The number of ketones is 1. The third kappa shape index (κ3) is 2.57. The lowest BCUT2D eigenvalue weighted by Gasteiger charge is -2.48. The van der Waals surface area contributed by atoms with E-state index in [4.69, 9.17) is 10.8 Å². The molecule has 2 aliphatic heterocycles. The number of carboxylic acids is 1. The minimum Gasteiger partial charge on any atom is -0.477 e. The van der Waals surface area contributed by atoms with Gasteiger partial charge in [-0.25, -0.2) is 9.78 Å². The number of aromatic nitrogens is 1. The molecule has 3 rings (SSSR count). The summed E-state index contributed by atoms with van der Waals surface area (Å²) < 4.78 is 0. The first-order valence-corrected chi connectivity index (χ1v) is 8.27. The predicted molar refractivity (Wildman–Crippen MR) is 81.6 cm³/mol. The van der Waals surface area contributed by atoms with Crippen LogP contribution in [0.25, 0.3) is 0 Å². The fourth-order valence-corrected chi connectivity index (χ4v) is 3.99. The first-order valence-electron chi connectivity index (χ1n) is 6.34. The number of aliphatic carboxylic acids is 1. The number of nitrogens with two attached hydrogens (primary N) is 1. The van der Waals surface area contributed by atoms with E-state index in [0.717, 1.165) is 16.2 Å². The molecule has 2 aliphatic rings. The number of hydrogen-bond donors (Lipinski definition) is 3. The minimum absolute atomic E-state index is 0.0870. The number of carboxylic acid groups (broad SMARTS) is 1. The zero-order chi connectivity index (χ0) is 16.7. The molecule has 3 heterocycles. The number of Topliss-reactive ketones (excluding diaryl/α,β-unsaturated/α-hetero) is 1. The van der Waals surface area contributed by atoms with Crippen LogP contribution in [-0.4, -0.2) is 55.7 Å². The Morgan fingerprint density at radius 1 is 1.43 bits per heavy atom. The van der Waals surface area contributed by atoms with Gasteiger partial charge >= 0.3 is 5.97 Å². The molecule has 9 nitrogen and oxygen atoms in total. The molecule has 1 aromatic heterocycles. The summed E-state index contributed by atoms with van der Waals surface area (Å²) in [5, 5.41) is 12.4. The summed E-state index contributed by atoms with van der Waals surface area (Å²) in [5.41, 5.74) is 5.21. The van der Waals surface area contributed by atoms with Crippen LogP contribution in [0.4, 0.5) is 5.13 Å². The Balaban J connectivity index is 1.69. The standard InChI is InChI=1S/C12H10N4O5S2/c13-12-14-4(3-23-12)7(17)8(18)15-6-9(19)16-5(11(20)21)1-2-22-10(6)16/h1,3,6,10H,2H2,(H2,13,14)(H,15,18)(H,20,21). The Kier molecular flexibility index (Phi) is 3.82. The number of nitrogen functional groups attached to an aromatic ring is 1. The lowest BCUT2D eigenvalue weighted by molar-refractivity contribution is -0.150. The van der Waals surface area contributed by atoms with Gasteiger partial charge in [-0.3, -0.25) is 19.3 Å². The van der Waals surface area contributed by atoms with Crippen LogP contribution in [0, 0.1) is 0 Å². The molecule has 4 N–H and O–H groups in total. The van der Waals surface area contributed by atoms with Crippen molar-refractivity contribution < 1.29 is 24.3 Å². The van der Waals surface area contributed by atoms with Gasteiger partial charge in [0.2, 0.25) is 0 Å². The number of amides is 2. The summed E-state index contributed by atoms with van der Waals surface area (Å²) in [6, 6.07) is -0.935. The Morgan fingerprint density at radius 2 is 2.17 bits per heavy atom. The molecule has 23 heavy (non-hydrogen) atoms. The molecule has 0 saturated carbocycles. The van der Waals surface area contributed by atoms with E-state index in [9.17, 15) is 19.2 Å². The predicted octanol–water partition coefficient (Wildman–Crippen LogP) is -0.724. The molecule has 2 atom stereocenters. The highest BCUT2D eigenvalue weighted by atomic mass is 32.2. The average molecular weight is 354 g/mol. The van der Waals surface area contributed by atoms with E-state index >= 15 is 0 Å². The van der Waals surface area contributed by atoms with Gasteiger partial charge in [0.25, 0.3) is 17.6 Å². The molecule has 0 bridgehead atoms. The second-order valence-electron chi connectivity index (χ2n) is 4.68. The summed E-state index contributed by atoms with van der Waals surface area (Å²) in [5.74, 6) is -3.23. The fraction of sp³-hybridized carbons (Fsp3) is 0.250. The van der Waals surface area contributed by atoms with Crippen molar-refractivity contribution in [2.75, 3.05) is 11.5 Å². The fourth-order valence-electron chi connectivity index (χ4n) is 2.25. The molecule has 0 aliphatic carbocycles. The topological polar surface area (TPSA) is 143 Å². The third-order valence-corrected chi connectivity index (χ3v) is 5.17. The van der Waals surface area contributed by atoms with Gasteiger partial charge in [-0.15, -0.1) is 23.1 Å². The molecule has 1 saturated heterocycles. The van der Waals surface area contributed by atoms with Crippen LogP contribution in [-0.2, 0) is 14.4 Å². The summed E-state index contributed by atoms with van der Waals surface area (Å²) in [6.07, 6.45) is 1.43. The Hall–Kier alpha value is -2.40. The first-order chi connectivity index (χ1) is 10.9. The zero-order valence-electron chi connectivity index (χ0n) is 11.4. The maximum atomic E-state index is 12.1. The number of β-lactam (4-membered cyclic amide) rings is 1. The van der Waals surface area contributed by atoms with Crippen molar-refractivity contribution in [3.05, 3.63) is 22.8 Å². The van der Waals surface area contributed by atoms with Gasteiger partial charge in [0.15, 0.2) is 5.13 Å². The number of rotatable bonds is 4. The van der Waals surface area contributed by atoms with Crippen LogP contribution >= 0.6 is 23.1 Å². The van der Waals surface area contributed by atoms with Gasteiger partial charge in [0.05, 0.1) is 0 Å². The number of nitrogens with one attached hydrogen (secondary N) is 1. The quantitative estimate of drug-likeness (QED) is 0.365. The highest BCUT2D eigenvalue weighted by Gasteiger charge is 2.53. The second kappa shape index (κ2) is 5.66. The van der Waals surface area contributed by atoms with Crippen molar-refractivity contribution in [2.24, 2.45) is 0 Å². The van der Waals surface area contributed by atoms with Crippen molar-refractivity contribution in [2.45, 2.75) is 11.4 Å². The van der Waals surface area contributed by atoms with Crippen molar-refractivity contribution in [3.8, 4) is 0 Å². The number of nitrogens with zero attached hydrogens (tertiary/aromatic N) is 2. The van der Waals surface area contributed by atoms with Gasteiger partial charge in [-0.1, -0.05) is 0 Å². The van der Waals surface area contributed by atoms with Crippen molar-refractivity contribution >= 4 is 51.8 Å². The van der Waals surface area contributed by atoms with Gasteiger partial charge in [-0.05, 0) is 6.08 Å². The first kappa shape index (κ1) is 15.5. The van der Waals surface area contributed by atoms with E-state index in [1.807, 2.05) is 0 Å². The SMILES string of the molecule is Nc1nc(C(=O)C(=O)NC2C(=O)N3C(C(=O)O)=CCSC23)cs1. The van der Waals surface area contributed by atoms with Crippen LogP contribution in [0.2, 0.25) is 0 Å². The smallest absolute Gasteiger partial charge is 0.352 e. The van der Waals surface area contributed by atoms with E-state index in [1.165, 1.54) is 23.2 Å². The molecule has 0 spiro atoms. The van der Waals surface area contributed by atoms with E-state index in [2.05, 4.69) is 10.3 Å². The Labute approximate surface area is 137 Å². The molecule has 2 unspecified atom stereocenters. The van der Waals surface area contributed by atoms with E-state index in [1.54, 1.807) is 0 Å². The molecular formula is C12H10N4O5S2. The van der Waals surface area contributed by atoms with E-state index in [0.29, 0.717) is 5.75 Å². The monoisotopic (exact) mass is 354 g/mol. The van der Waals surface area contributed by atoms with Gasteiger partial charge in [0, 0.05) is 11.1 Å². The van der Waals surface area contributed by atoms with Crippen molar-refractivity contribution in [3.63, 3.8) is 0 Å². The van der Waals surface area contributed by atoms with Crippen LogP contribution in [0.15, 0.2) is 17.2 Å². The van der Waals surface area contributed by atoms with E-state index < -0.39 is 35.0 Å². The molecule has 11 heteroatoms.